The number of ether oxygens (including phenoxy) is 2. The molecule has 0 saturated heterocycles. The molecule has 2 aromatic carbocycles. The number of rotatable bonds is 6. The van der Waals surface area contributed by atoms with Gasteiger partial charge < -0.3 is 14.8 Å². The van der Waals surface area contributed by atoms with Crippen molar-refractivity contribution < 1.29 is 14.3 Å². The Bertz CT molecular complexity index is 947. The van der Waals surface area contributed by atoms with Gasteiger partial charge in [0.2, 0.25) is 6.79 Å². The highest BCUT2D eigenvalue weighted by atomic mass is 32.2. The Morgan fingerprint density at radius 1 is 1.04 bits per heavy atom. The summed E-state index contributed by atoms with van der Waals surface area (Å²) in [5, 5.41) is 3.68. The van der Waals surface area contributed by atoms with E-state index in [-0.39, 0.29) is 12.7 Å². The maximum atomic E-state index is 12.6. The van der Waals surface area contributed by atoms with Crippen LogP contribution in [0.25, 0.3) is 0 Å². The first-order valence-electron chi connectivity index (χ1n) is 8.64. The van der Waals surface area contributed by atoms with E-state index in [0.29, 0.717) is 23.6 Å². The summed E-state index contributed by atoms with van der Waals surface area (Å²) in [7, 11) is 0. The molecular weight excluding hydrogens is 360 g/mol. The minimum atomic E-state index is -0.123. The predicted molar refractivity (Wildman–Crippen MR) is 103 cm³/mol. The van der Waals surface area contributed by atoms with E-state index in [1.807, 2.05) is 48.5 Å². The second-order valence-electron chi connectivity index (χ2n) is 5.96. The maximum Gasteiger partial charge on any atom is 0.254 e. The number of pyridine rings is 1. The number of fused-ring (bicyclic) bond motifs is 1. The lowest BCUT2D eigenvalue weighted by atomic mass is 10.1. The highest BCUT2D eigenvalue weighted by Crippen LogP contribution is 2.32. The molecule has 1 amide bonds. The fourth-order valence-electron chi connectivity index (χ4n) is 2.76. The molecule has 136 valence electrons. The van der Waals surface area contributed by atoms with Gasteiger partial charge in [-0.1, -0.05) is 36.0 Å². The third-order valence-electron chi connectivity index (χ3n) is 4.11. The monoisotopic (exact) mass is 378 g/mol. The number of carbonyl (C=O) groups excluding carboxylic acids is 1. The summed E-state index contributed by atoms with van der Waals surface area (Å²) in [6.45, 7) is 0.793. The van der Waals surface area contributed by atoms with E-state index in [4.69, 9.17) is 9.47 Å². The SMILES string of the molecule is O=C(NCCc1ccc2c(c1)OCO2)c1cccnc1Sc1ccccc1. The molecule has 1 aliphatic rings. The number of benzene rings is 2. The van der Waals surface area contributed by atoms with Gasteiger partial charge in [0.05, 0.1) is 5.56 Å². The van der Waals surface area contributed by atoms with Crippen LogP contribution in [0, 0.1) is 0 Å². The van der Waals surface area contributed by atoms with Gasteiger partial charge in [-0.2, -0.15) is 0 Å². The number of hydrogen-bond acceptors (Lipinski definition) is 5. The van der Waals surface area contributed by atoms with Gasteiger partial charge in [0, 0.05) is 17.6 Å². The fraction of sp³-hybridized carbons (Fsp3) is 0.143. The van der Waals surface area contributed by atoms with Crippen molar-refractivity contribution in [2.75, 3.05) is 13.3 Å². The van der Waals surface area contributed by atoms with E-state index in [1.165, 1.54) is 11.8 Å². The molecule has 3 aromatic rings. The van der Waals surface area contributed by atoms with E-state index in [2.05, 4.69) is 10.3 Å². The molecule has 0 unspecified atom stereocenters. The highest BCUT2D eigenvalue weighted by molar-refractivity contribution is 7.99. The zero-order valence-corrected chi connectivity index (χ0v) is 15.4. The van der Waals surface area contributed by atoms with Crippen LogP contribution < -0.4 is 14.8 Å². The average molecular weight is 378 g/mol. The summed E-state index contributed by atoms with van der Waals surface area (Å²) >= 11 is 1.48. The van der Waals surface area contributed by atoms with E-state index < -0.39 is 0 Å². The van der Waals surface area contributed by atoms with Crippen LogP contribution in [-0.2, 0) is 6.42 Å². The molecule has 6 heteroatoms. The number of carbonyl (C=O) groups is 1. The van der Waals surface area contributed by atoms with Crippen molar-refractivity contribution in [1.29, 1.82) is 0 Å². The van der Waals surface area contributed by atoms with Crippen LogP contribution in [0.2, 0.25) is 0 Å². The van der Waals surface area contributed by atoms with Gasteiger partial charge in [-0.3, -0.25) is 4.79 Å². The summed E-state index contributed by atoms with van der Waals surface area (Å²) in [6, 6.07) is 19.3. The van der Waals surface area contributed by atoms with Crippen molar-refractivity contribution in [2.24, 2.45) is 0 Å². The number of hydrogen-bond donors (Lipinski definition) is 1. The van der Waals surface area contributed by atoms with Crippen molar-refractivity contribution in [3.8, 4) is 11.5 Å². The molecule has 5 nitrogen and oxygen atoms in total. The van der Waals surface area contributed by atoms with Gasteiger partial charge in [-0.05, 0) is 48.4 Å². The van der Waals surface area contributed by atoms with Gasteiger partial charge >= 0.3 is 0 Å². The fourth-order valence-corrected chi connectivity index (χ4v) is 3.66. The highest BCUT2D eigenvalue weighted by Gasteiger charge is 2.15. The van der Waals surface area contributed by atoms with Gasteiger partial charge in [0.25, 0.3) is 5.91 Å². The van der Waals surface area contributed by atoms with Gasteiger partial charge in [-0.15, -0.1) is 0 Å². The number of nitrogens with zero attached hydrogens (tertiary/aromatic N) is 1. The molecule has 4 rings (SSSR count). The minimum absolute atomic E-state index is 0.123. The van der Waals surface area contributed by atoms with Crippen molar-refractivity contribution in [3.63, 3.8) is 0 Å². The molecule has 1 aromatic heterocycles. The zero-order valence-electron chi connectivity index (χ0n) is 14.6. The minimum Gasteiger partial charge on any atom is -0.454 e. The quantitative estimate of drug-likeness (QED) is 0.704. The number of aromatic nitrogens is 1. The van der Waals surface area contributed by atoms with E-state index in [1.54, 1.807) is 18.3 Å². The van der Waals surface area contributed by atoms with Crippen LogP contribution in [0.4, 0.5) is 0 Å². The Morgan fingerprint density at radius 2 is 1.89 bits per heavy atom. The summed E-state index contributed by atoms with van der Waals surface area (Å²) < 4.78 is 10.7. The first-order valence-corrected chi connectivity index (χ1v) is 9.46. The number of nitrogens with one attached hydrogen (secondary N) is 1. The second kappa shape index (κ2) is 8.14. The van der Waals surface area contributed by atoms with Crippen molar-refractivity contribution >= 4 is 17.7 Å². The van der Waals surface area contributed by atoms with Crippen LogP contribution in [0.3, 0.4) is 0 Å². The molecule has 0 atom stereocenters. The van der Waals surface area contributed by atoms with Crippen LogP contribution in [0.5, 0.6) is 11.5 Å². The second-order valence-corrected chi connectivity index (χ2v) is 7.03. The standard InChI is InChI=1S/C21H18N2O3S/c24-20(22-12-10-15-8-9-18-19(13-15)26-14-25-18)17-7-4-11-23-21(17)27-16-5-2-1-3-6-16/h1-9,11,13H,10,12,14H2,(H,22,24). The van der Waals surface area contributed by atoms with Crippen molar-refractivity contribution in [2.45, 2.75) is 16.3 Å². The smallest absolute Gasteiger partial charge is 0.254 e. The van der Waals surface area contributed by atoms with Gasteiger partial charge in [0.15, 0.2) is 11.5 Å². The zero-order chi connectivity index (χ0) is 18.5. The summed E-state index contributed by atoms with van der Waals surface area (Å²) in [5.41, 5.74) is 1.67. The first kappa shape index (κ1) is 17.4. The summed E-state index contributed by atoms with van der Waals surface area (Å²) in [6.07, 6.45) is 2.42. The Kier molecular flexibility index (Phi) is 5.25. The van der Waals surface area contributed by atoms with Gasteiger partial charge in [0.1, 0.15) is 5.03 Å². The Morgan fingerprint density at radius 3 is 2.78 bits per heavy atom. The molecule has 0 radical (unpaired) electrons. The largest absolute Gasteiger partial charge is 0.454 e. The maximum absolute atomic E-state index is 12.6. The Hall–Kier alpha value is -2.99. The molecule has 0 fully saturated rings. The van der Waals surface area contributed by atoms with Crippen LogP contribution >= 0.6 is 11.8 Å². The molecule has 1 aliphatic heterocycles. The lowest BCUT2D eigenvalue weighted by Gasteiger charge is -2.09. The summed E-state index contributed by atoms with van der Waals surface area (Å²) in [4.78, 5) is 18.0. The lowest BCUT2D eigenvalue weighted by Crippen LogP contribution is -2.26. The topological polar surface area (TPSA) is 60.5 Å². The Balaban J connectivity index is 1.38. The van der Waals surface area contributed by atoms with E-state index in [9.17, 15) is 4.79 Å². The molecule has 27 heavy (non-hydrogen) atoms. The van der Waals surface area contributed by atoms with Crippen LogP contribution in [0.1, 0.15) is 15.9 Å². The third kappa shape index (κ3) is 4.23. The Labute approximate surface area is 161 Å². The van der Waals surface area contributed by atoms with Crippen LogP contribution in [-0.4, -0.2) is 24.2 Å². The average Bonchev–Trinajstić information content (AvgIpc) is 3.17. The molecule has 0 saturated carbocycles. The third-order valence-corrected chi connectivity index (χ3v) is 5.14. The van der Waals surface area contributed by atoms with Gasteiger partial charge in [-0.25, -0.2) is 4.98 Å². The van der Waals surface area contributed by atoms with E-state index >= 15 is 0 Å². The molecule has 0 bridgehead atoms. The molecule has 0 aliphatic carbocycles. The van der Waals surface area contributed by atoms with Crippen LogP contribution in [0.15, 0.2) is 76.8 Å². The lowest BCUT2D eigenvalue weighted by molar-refractivity contribution is 0.0950. The molecular formula is C21H18N2O3S. The molecule has 2 heterocycles. The van der Waals surface area contributed by atoms with Crippen molar-refractivity contribution in [1.82, 2.24) is 10.3 Å². The number of amides is 1. The summed E-state index contributed by atoms with van der Waals surface area (Å²) in [5.74, 6) is 1.40. The molecule has 1 N–H and O–H groups in total. The van der Waals surface area contributed by atoms with Crippen molar-refractivity contribution in [3.05, 3.63) is 78.0 Å². The molecule has 0 spiro atoms. The van der Waals surface area contributed by atoms with E-state index in [0.717, 1.165) is 22.0 Å². The first-order chi connectivity index (χ1) is 13.3. The predicted octanol–water partition coefficient (Wildman–Crippen LogP) is 3.93. The normalized spacial score (nSPS) is 12.0.